The third-order valence-electron chi connectivity index (χ3n) is 3.22. The van der Waals surface area contributed by atoms with E-state index in [0.29, 0.717) is 11.4 Å². The van der Waals surface area contributed by atoms with Crippen LogP contribution >= 0.6 is 11.6 Å². The zero-order valence-electron chi connectivity index (χ0n) is 12.1. The first kappa shape index (κ1) is 16.0. The molecule has 0 bridgehead atoms. The smallest absolute Gasteiger partial charge is 0.312 e. The standard InChI is InChI=1S/C17H16ClNO3/c1-22-19-11-15(17(20)21)10-12-3-2-4-14(9-12)13-5-7-16(18)8-6-13/h2-9,11,15H,10H2,1H3,(H,20,21). The van der Waals surface area contributed by atoms with E-state index >= 15 is 0 Å². The summed E-state index contributed by atoms with van der Waals surface area (Å²) in [6.07, 6.45) is 1.65. The lowest BCUT2D eigenvalue weighted by atomic mass is 9.97. The maximum absolute atomic E-state index is 11.2. The van der Waals surface area contributed by atoms with E-state index in [2.05, 4.69) is 9.99 Å². The highest BCUT2D eigenvalue weighted by Gasteiger charge is 2.16. The van der Waals surface area contributed by atoms with E-state index < -0.39 is 11.9 Å². The summed E-state index contributed by atoms with van der Waals surface area (Å²) < 4.78 is 0. The molecule has 22 heavy (non-hydrogen) atoms. The first-order chi connectivity index (χ1) is 10.6. The minimum atomic E-state index is -0.933. The number of carboxylic acids is 1. The Balaban J connectivity index is 2.22. The van der Waals surface area contributed by atoms with Crippen molar-refractivity contribution in [3.8, 4) is 11.1 Å². The average Bonchev–Trinajstić information content (AvgIpc) is 2.52. The molecular weight excluding hydrogens is 302 g/mol. The minimum absolute atomic E-state index is 0.351. The maximum atomic E-state index is 11.2. The van der Waals surface area contributed by atoms with E-state index in [1.54, 1.807) is 0 Å². The number of rotatable bonds is 6. The first-order valence-electron chi connectivity index (χ1n) is 6.74. The van der Waals surface area contributed by atoms with Crippen LogP contribution in [0.5, 0.6) is 0 Å². The molecule has 2 aromatic rings. The van der Waals surface area contributed by atoms with Crippen molar-refractivity contribution >= 4 is 23.8 Å². The molecule has 1 atom stereocenters. The van der Waals surface area contributed by atoms with Gasteiger partial charge >= 0.3 is 5.97 Å². The maximum Gasteiger partial charge on any atom is 0.312 e. The van der Waals surface area contributed by atoms with Gasteiger partial charge in [0.1, 0.15) is 7.11 Å². The Morgan fingerprint density at radius 1 is 1.27 bits per heavy atom. The molecule has 0 heterocycles. The second-order valence-electron chi connectivity index (χ2n) is 4.79. The van der Waals surface area contributed by atoms with E-state index in [0.717, 1.165) is 16.7 Å². The first-order valence-corrected chi connectivity index (χ1v) is 7.12. The third-order valence-corrected chi connectivity index (χ3v) is 3.48. The number of carboxylic acid groups (broad SMARTS) is 1. The number of hydrogen-bond acceptors (Lipinski definition) is 3. The van der Waals surface area contributed by atoms with Crippen molar-refractivity contribution in [1.82, 2.24) is 0 Å². The van der Waals surface area contributed by atoms with Gasteiger partial charge in [0.05, 0.1) is 12.1 Å². The monoisotopic (exact) mass is 317 g/mol. The van der Waals surface area contributed by atoms with E-state index in [4.69, 9.17) is 11.6 Å². The SMILES string of the molecule is CON=CC(Cc1cccc(-c2ccc(Cl)cc2)c1)C(=O)O. The summed E-state index contributed by atoms with van der Waals surface area (Å²) in [4.78, 5) is 15.8. The highest BCUT2D eigenvalue weighted by molar-refractivity contribution is 6.30. The van der Waals surface area contributed by atoms with Crippen LogP contribution in [0.2, 0.25) is 5.02 Å². The molecular formula is C17H16ClNO3. The number of benzene rings is 2. The normalized spacial score (nSPS) is 12.3. The molecule has 0 saturated carbocycles. The Hall–Kier alpha value is -2.33. The van der Waals surface area contributed by atoms with E-state index in [-0.39, 0.29) is 0 Å². The molecule has 0 aliphatic rings. The molecule has 0 saturated heterocycles. The average molecular weight is 318 g/mol. The van der Waals surface area contributed by atoms with Gasteiger partial charge < -0.3 is 9.94 Å². The van der Waals surface area contributed by atoms with Crippen LogP contribution in [-0.2, 0) is 16.1 Å². The lowest BCUT2D eigenvalue weighted by Gasteiger charge is -2.09. The second kappa shape index (κ2) is 7.61. The van der Waals surface area contributed by atoms with Gasteiger partial charge in [-0.05, 0) is 35.2 Å². The highest BCUT2D eigenvalue weighted by Crippen LogP contribution is 2.23. The van der Waals surface area contributed by atoms with E-state index in [1.807, 2.05) is 48.5 Å². The highest BCUT2D eigenvalue weighted by atomic mass is 35.5. The van der Waals surface area contributed by atoms with Gasteiger partial charge in [0.25, 0.3) is 0 Å². The molecule has 0 aliphatic carbocycles. The predicted molar refractivity (Wildman–Crippen MR) is 87.2 cm³/mol. The van der Waals surface area contributed by atoms with Crippen LogP contribution in [0.4, 0.5) is 0 Å². The lowest BCUT2D eigenvalue weighted by molar-refractivity contribution is -0.139. The van der Waals surface area contributed by atoms with Crippen molar-refractivity contribution in [2.75, 3.05) is 7.11 Å². The molecule has 114 valence electrons. The van der Waals surface area contributed by atoms with Gasteiger partial charge in [0.2, 0.25) is 0 Å². The molecule has 1 unspecified atom stereocenters. The topological polar surface area (TPSA) is 58.9 Å². The summed E-state index contributed by atoms with van der Waals surface area (Å²) in [7, 11) is 1.39. The molecule has 0 spiro atoms. The number of oxime groups is 1. The second-order valence-corrected chi connectivity index (χ2v) is 5.23. The van der Waals surface area contributed by atoms with E-state index in [1.165, 1.54) is 13.3 Å². The van der Waals surface area contributed by atoms with Crippen LogP contribution in [-0.4, -0.2) is 24.4 Å². The number of aliphatic carboxylic acids is 1. The predicted octanol–water partition coefficient (Wildman–Crippen LogP) is 3.88. The quantitative estimate of drug-likeness (QED) is 0.649. The van der Waals surface area contributed by atoms with Gasteiger partial charge in [0, 0.05) is 5.02 Å². The molecule has 4 nitrogen and oxygen atoms in total. The third kappa shape index (κ3) is 4.33. The summed E-state index contributed by atoms with van der Waals surface area (Å²) in [5.74, 6) is -1.65. The zero-order chi connectivity index (χ0) is 15.9. The zero-order valence-corrected chi connectivity index (χ0v) is 12.8. The molecule has 1 N–H and O–H groups in total. The summed E-state index contributed by atoms with van der Waals surface area (Å²) in [5, 5.41) is 13.5. The molecule has 2 rings (SSSR count). The molecule has 0 aliphatic heterocycles. The Labute approximate surface area is 134 Å². The van der Waals surface area contributed by atoms with Crippen molar-refractivity contribution < 1.29 is 14.7 Å². The summed E-state index contributed by atoms with van der Waals surface area (Å²) >= 11 is 5.89. The number of carbonyl (C=O) groups is 1. The fraction of sp³-hybridized carbons (Fsp3) is 0.176. The van der Waals surface area contributed by atoms with Gasteiger partial charge in [-0.15, -0.1) is 0 Å². The van der Waals surface area contributed by atoms with Gasteiger partial charge in [-0.2, -0.15) is 0 Å². The molecule has 2 aromatic carbocycles. The van der Waals surface area contributed by atoms with Gasteiger partial charge in [-0.3, -0.25) is 4.79 Å². The van der Waals surface area contributed by atoms with Crippen LogP contribution in [0.1, 0.15) is 5.56 Å². The van der Waals surface area contributed by atoms with Crippen molar-refractivity contribution in [2.45, 2.75) is 6.42 Å². The molecule has 0 radical (unpaired) electrons. The van der Waals surface area contributed by atoms with Crippen LogP contribution in [0.25, 0.3) is 11.1 Å². The number of halogens is 1. The van der Waals surface area contributed by atoms with Crippen LogP contribution in [0.15, 0.2) is 53.7 Å². The Kier molecular flexibility index (Phi) is 5.55. The van der Waals surface area contributed by atoms with Gasteiger partial charge in [-0.25, -0.2) is 0 Å². The summed E-state index contributed by atoms with van der Waals surface area (Å²) in [6.45, 7) is 0. The van der Waals surface area contributed by atoms with E-state index in [9.17, 15) is 9.90 Å². The van der Waals surface area contributed by atoms with Crippen molar-refractivity contribution in [3.63, 3.8) is 0 Å². The number of hydrogen-bond donors (Lipinski definition) is 1. The Morgan fingerprint density at radius 2 is 2.00 bits per heavy atom. The molecule has 0 aromatic heterocycles. The molecule has 0 fully saturated rings. The Morgan fingerprint density at radius 3 is 2.64 bits per heavy atom. The van der Waals surface area contributed by atoms with Crippen molar-refractivity contribution in [1.29, 1.82) is 0 Å². The Bertz CT molecular complexity index is 668. The fourth-order valence-electron chi connectivity index (χ4n) is 2.11. The summed E-state index contributed by atoms with van der Waals surface area (Å²) in [6, 6.07) is 15.3. The molecule has 5 heteroatoms. The van der Waals surface area contributed by atoms with Crippen LogP contribution in [0.3, 0.4) is 0 Å². The van der Waals surface area contributed by atoms with Crippen LogP contribution < -0.4 is 0 Å². The summed E-state index contributed by atoms with van der Waals surface area (Å²) in [5.41, 5.74) is 2.97. The van der Waals surface area contributed by atoms with Crippen molar-refractivity contribution in [3.05, 3.63) is 59.1 Å². The van der Waals surface area contributed by atoms with Crippen LogP contribution in [0, 0.1) is 5.92 Å². The largest absolute Gasteiger partial charge is 0.481 e. The minimum Gasteiger partial charge on any atom is -0.481 e. The van der Waals surface area contributed by atoms with Crippen molar-refractivity contribution in [2.24, 2.45) is 11.1 Å². The fourth-order valence-corrected chi connectivity index (χ4v) is 2.24. The molecule has 0 amide bonds. The lowest BCUT2D eigenvalue weighted by Crippen LogP contribution is -2.18. The number of nitrogens with zero attached hydrogens (tertiary/aromatic N) is 1. The van der Waals surface area contributed by atoms with Gasteiger partial charge in [0.15, 0.2) is 0 Å². The van der Waals surface area contributed by atoms with Gasteiger partial charge in [-0.1, -0.05) is 53.2 Å².